The van der Waals surface area contributed by atoms with Gasteiger partial charge in [-0.15, -0.1) is 0 Å². The molecule has 40 heavy (non-hydrogen) atoms. The van der Waals surface area contributed by atoms with E-state index < -0.39 is 18.0 Å². The van der Waals surface area contributed by atoms with E-state index in [0.717, 1.165) is 0 Å². The van der Waals surface area contributed by atoms with E-state index in [0.29, 0.717) is 50.0 Å². The van der Waals surface area contributed by atoms with Crippen molar-refractivity contribution in [2.24, 2.45) is 4.99 Å². The fourth-order valence-corrected chi connectivity index (χ4v) is 5.47. The van der Waals surface area contributed by atoms with Gasteiger partial charge in [0.25, 0.3) is 5.56 Å². The van der Waals surface area contributed by atoms with Crippen molar-refractivity contribution in [1.82, 2.24) is 4.57 Å². The Balaban J connectivity index is 1.92. The van der Waals surface area contributed by atoms with Gasteiger partial charge in [-0.1, -0.05) is 35.6 Å². The standard InChI is InChI=1S/C30H32N2O7S/c1-7-36-24-15-20(13-14-23(24)39-19(6)33)16-25-28(34)32-27(21-11-9-10-12-22(21)38-17(3)4)26(29(35)37-8-2)18(5)31-30(32)40-25/h9-17,27H,7-8H2,1-6H3/b25-16-/t27-/m1/s1. The maximum Gasteiger partial charge on any atom is 0.338 e. The number of rotatable bonds is 9. The van der Waals surface area contributed by atoms with Crippen molar-refractivity contribution in [3.8, 4) is 17.2 Å². The number of aromatic nitrogens is 1. The Morgan fingerprint density at radius 3 is 2.50 bits per heavy atom. The molecule has 0 bridgehead atoms. The van der Waals surface area contributed by atoms with Crippen LogP contribution in [0.2, 0.25) is 0 Å². The van der Waals surface area contributed by atoms with Crippen molar-refractivity contribution >= 4 is 29.4 Å². The molecule has 4 rings (SSSR count). The molecule has 0 unspecified atom stereocenters. The molecular formula is C30H32N2O7S. The summed E-state index contributed by atoms with van der Waals surface area (Å²) in [5, 5.41) is 0. The normalized spacial score (nSPS) is 15.0. The number of thiazole rings is 1. The van der Waals surface area contributed by atoms with Gasteiger partial charge in [0.1, 0.15) is 11.8 Å². The Bertz CT molecular complexity index is 1650. The molecule has 9 nitrogen and oxygen atoms in total. The molecule has 0 saturated carbocycles. The first kappa shape index (κ1) is 28.8. The van der Waals surface area contributed by atoms with Gasteiger partial charge in [0.15, 0.2) is 16.3 Å². The zero-order chi connectivity index (χ0) is 29.0. The lowest BCUT2D eigenvalue weighted by Crippen LogP contribution is -2.40. The Morgan fingerprint density at radius 2 is 1.82 bits per heavy atom. The summed E-state index contributed by atoms with van der Waals surface area (Å²) in [4.78, 5) is 43.7. The first-order valence-corrected chi connectivity index (χ1v) is 13.9. The Morgan fingerprint density at radius 1 is 1.07 bits per heavy atom. The molecule has 1 aliphatic heterocycles. The molecule has 0 amide bonds. The van der Waals surface area contributed by atoms with Crippen LogP contribution >= 0.6 is 11.3 Å². The van der Waals surface area contributed by atoms with Crippen LogP contribution in [0.25, 0.3) is 6.08 Å². The number of hydrogen-bond donors (Lipinski definition) is 0. The highest BCUT2D eigenvalue weighted by Gasteiger charge is 2.35. The fourth-order valence-electron chi connectivity index (χ4n) is 4.43. The van der Waals surface area contributed by atoms with Crippen molar-refractivity contribution in [3.05, 3.63) is 84.5 Å². The molecule has 2 aromatic carbocycles. The lowest BCUT2D eigenvalue weighted by molar-refractivity contribution is -0.139. The summed E-state index contributed by atoms with van der Waals surface area (Å²) in [5.74, 6) is 0.249. The molecule has 2 heterocycles. The second-order valence-electron chi connectivity index (χ2n) is 9.24. The predicted molar refractivity (Wildman–Crippen MR) is 152 cm³/mol. The number of nitrogens with zero attached hydrogens (tertiary/aromatic N) is 2. The Labute approximate surface area is 236 Å². The van der Waals surface area contributed by atoms with E-state index in [-0.39, 0.29) is 23.8 Å². The van der Waals surface area contributed by atoms with E-state index in [1.165, 1.54) is 22.8 Å². The molecule has 0 fully saturated rings. The minimum atomic E-state index is -0.794. The van der Waals surface area contributed by atoms with Crippen LogP contribution < -0.4 is 29.1 Å². The summed E-state index contributed by atoms with van der Waals surface area (Å²) in [6.45, 7) is 11.0. The SMILES string of the molecule is CCOC(=O)C1=C(C)N=c2s/c(=C\c3ccc(OC(C)=O)c(OCC)c3)c(=O)n2[C@@H]1c1ccccc1OC(C)C. The van der Waals surface area contributed by atoms with Crippen molar-refractivity contribution < 1.29 is 28.5 Å². The highest BCUT2D eigenvalue weighted by atomic mass is 32.1. The third-order valence-electron chi connectivity index (χ3n) is 5.91. The van der Waals surface area contributed by atoms with Crippen LogP contribution in [0, 0.1) is 0 Å². The molecule has 1 atom stereocenters. The predicted octanol–water partition coefficient (Wildman–Crippen LogP) is 3.91. The highest BCUT2D eigenvalue weighted by Crippen LogP contribution is 2.36. The van der Waals surface area contributed by atoms with E-state index >= 15 is 0 Å². The van der Waals surface area contributed by atoms with E-state index in [1.807, 2.05) is 45.0 Å². The minimum Gasteiger partial charge on any atom is -0.491 e. The molecule has 0 radical (unpaired) electrons. The molecular weight excluding hydrogens is 532 g/mol. The molecule has 1 aromatic heterocycles. The monoisotopic (exact) mass is 564 g/mol. The average Bonchev–Trinajstić information content (AvgIpc) is 3.19. The highest BCUT2D eigenvalue weighted by molar-refractivity contribution is 7.07. The topological polar surface area (TPSA) is 105 Å². The average molecular weight is 565 g/mol. The number of hydrogen-bond acceptors (Lipinski definition) is 9. The van der Waals surface area contributed by atoms with Gasteiger partial charge in [0, 0.05) is 12.5 Å². The van der Waals surface area contributed by atoms with E-state index in [4.69, 9.17) is 18.9 Å². The van der Waals surface area contributed by atoms with Gasteiger partial charge in [-0.05, 0) is 64.5 Å². The smallest absolute Gasteiger partial charge is 0.338 e. The van der Waals surface area contributed by atoms with Gasteiger partial charge in [0.05, 0.1) is 35.1 Å². The second kappa shape index (κ2) is 12.3. The number of para-hydroxylation sites is 1. The largest absolute Gasteiger partial charge is 0.491 e. The second-order valence-corrected chi connectivity index (χ2v) is 10.2. The maximum absolute atomic E-state index is 14.0. The zero-order valence-corrected chi connectivity index (χ0v) is 24.2. The van der Waals surface area contributed by atoms with Crippen molar-refractivity contribution in [2.75, 3.05) is 13.2 Å². The molecule has 10 heteroatoms. The zero-order valence-electron chi connectivity index (χ0n) is 23.3. The number of benzene rings is 2. The quantitative estimate of drug-likeness (QED) is 0.287. The Hall–Kier alpha value is -4.18. The molecule has 0 saturated heterocycles. The van der Waals surface area contributed by atoms with Crippen molar-refractivity contribution in [1.29, 1.82) is 0 Å². The van der Waals surface area contributed by atoms with E-state index in [9.17, 15) is 14.4 Å². The van der Waals surface area contributed by atoms with Crippen LogP contribution in [0.5, 0.6) is 17.2 Å². The number of carbonyl (C=O) groups is 2. The summed E-state index contributed by atoms with van der Waals surface area (Å²) >= 11 is 1.21. The fraction of sp³-hybridized carbons (Fsp3) is 0.333. The summed E-state index contributed by atoms with van der Waals surface area (Å²) in [5.41, 5.74) is 1.77. The van der Waals surface area contributed by atoms with Crippen molar-refractivity contribution in [2.45, 2.75) is 53.7 Å². The van der Waals surface area contributed by atoms with E-state index in [1.54, 1.807) is 38.1 Å². The third-order valence-corrected chi connectivity index (χ3v) is 6.90. The summed E-state index contributed by atoms with van der Waals surface area (Å²) in [7, 11) is 0. The molecule has 0 N–H and O–H groups in total. The molecule has 210 valence electrons. The maximum atomic E-state index is 14.0. The van der Waals surface area contributed by atoms with Gasteiger partial charge in [-0.3, -0.25) is 14.2 Å². The first-order valence-electron chi connectivity index (χ1n) is 13.0. The van der Waals surface area contributed by atoms with Crippen molar-refractivity contribution in [3.63, 3.8) is 0 Å². The number of ether oxygens (including phenoxy) is 4. The van der Waals surface area contributed by atoms with E-state index in [2.05, 4.69) is 4.99 Å². The van der Waals surface area contributed by atoms with Crippen LogP contribution in [-0.4, -0.2) is 35.8 Å². The van der Waals surface area contributed by atoms with Gasteiger partial charge in [-0.25, -0.2) is 9.79 Å². The molecule has 3 aromatic rings. The Kier molecular flexibility index (Phi) is 8.89. The number of esters is 2. The minimum absolute atomic E-state index is 0.123. The third kappa shape index (κ3) is 6.02. The molecule has 1 aliphatic rings. The number of allylic oxidation sites excluding steroid dienone is 1. The van der Waals surface area contributed by atoms with Crippen LogP contribution in [0.3, 0.4) is 0 Å². The number of carbonyl (C=O) groups excluding carboxylic acids is 2. The lowest BCUT2D eigenvalue weighted by atomic mass is 9.95. The summed E-state index contributed by atoms with van der Waals surface area (Å²) in [6, 6.07) is 11.6. The van der Waals surface area contributed by atoms with Crippen LogP contribution in [-0.2, 0) is 14.3 Å². The molecule has 0 spiro atoms. The van der Waals surface area contributed by atoms with Crippen LogP contribution in [0.1, 0.15) is 58.7 Å². The van der Waals surface area contributed by atoms with Gasteiger partial charge in [0.2, 0.25) is 0 Å². The van der Waals surface area contributed by atoms with Gasteiger partial charge in [-0.2, -0.15) is 0 Å². The lowest BCUT2D eigenvalue weighted by Gasteiger charge is -2.26. The van der Waals surface area contributed by atoms with Gasteiger partial charge < -0.3 is 18.9 Å². The molecule has 0 aliphatic carbocycles. The first-order chi connectivity index (χ1) is 19.1. The summed E-state index contributed by atoms with van der Waals surface area (Å²) < 4.78 is 24.3. The van der Waals surface area contributed by atoms with Gasteiger partial charge >= 0.3 is 11.9 Å². The van der Waals surface area contributed by atoms with Crippen LogP contribution in [0.15, 0.2) is 63.5 Å². The number of fused-ring (bicyclic) bond motifs is 1. The van der Waals surface area contributed by atoms with Crippen LogP contribution in [0.4, 0.5) is 0 Å². The summed E-state index contributed by atoms with van der Waals surface area (Å²) in [6.07, 6.45) is 1.60.